The van der Waals surface area contributed by atoms with Gasteiger partial charge in [-0.3, -0.25) is 4.79 Å². The summed E-state index contributed by atoms with van der Waals surface area (Å²) in [6, 6.07) is 27.7. The molecule has 0 spiro atoms. The molecule has 2 heterocycles. The van der Waals surface area contributed by atoms with Gasteiger partial charge >= 0.3 is 0 Å². The van der Waals surface area contributed by atoms with Gasteiger partial charge in [0.1, 0.15) is 6.61 Å². The van der Waals surface area contributed by atoms with Gasteiger partial charge < -0.3 is 18.8 Å². The average molecular weight is 488 g/mol. The Balaban J connectivity index is 1.20. The molecule has 3 aromatic carbocycles. The predicted octanol–water partition coefficient (Wildman–Crippen LogP) is 4.95. The van der Waals surface area contributed by atoms with Gasteiger partial charge in [0, 0.05) is 13.1 Å². The molecule has 1 amide bonds. The standard InChI is InChI=1S/C27H25N3O4S/c31-25(30(17-21-11-5-2-6-12-21)16-15-20-9-3-1-4-10-20)19-35-27-29-28-26(34-27)24-18-32-22-13-7-8-14-23(22)33-24/h1-14,24H,15-19H2. The fourth-order valence-electron chi connectivity index (χ4n) is 3.77. The molecule has 1 aromatic heterocycles. The summed E-state index contributed by atoms with van der Waals surface area (Å²) in [6.45, 7) is 1.46. The number of carbonyl (C=O) groups excluding carboxylic acids is 1. The highest BCUT2D eigenvalue weighted by Crippen LogP contribution is 2.36. The number of rotatable bonds is 9. The Morgan fingerprint density at radius 1 is 0.886 bits per heavy atom. The number of hydrogen-bond donors (Lipinski definition) is 0. The van der Waals surface area contributed by atoms with Gasteiger partial charge in [-0.1, -0.05) is 84.6 Å². The van der Waals surface area contributed by atoms with Crippen LogP contribution in [0, 0.1) is 0 Å². The number of fused-ring (bicyclic) bond motifs is 1. The third-order valence-corrected chi connectivity index (χ3v) is 6.41. The Morgan fingerprint density at radius 3 is 2.34 bits per heavy atom. The van der Waals surface area contributed by atoms with Crippen molar-refractivity contribution in [2.24, 2.45) is 0 Å². The van der Waals surface area contributed by atoms with E-state index in [1.165, 1.54) is 17.3 Å². The first-order valence-corrected chi connectivity index (χ1v) is 12.4. The molecule has 1 aliphatic rings. The van der Waals surface area contributed by atoms with E-state index in [2.05, 4.69) is 22.3 Å². The van der Waals surface area contributed by atoms with Crippen molar-refractivity contribution in [1.82, 2.24) is 15.1 Å². The van der Waals surface area contributed by atoms with Crippen LogP contribution in [0.2, 0.25) is 0 Å². The molecule has 5 rings (SSSR count). The number of amides is 1. The summed E-state index contributed by atoms with van der Waals surface area (Å²) in [5, 5.41) is 8.54. The van der Waals surface area contributed by atoms with Crippen LogP contribution in [0.15, 0.2) is 94.6 Å². The molecule has 0 N–H and O–H groups in total. The first kappa shape index (κ1) is 23.0. The van der Waals surface area contributed by atoms with Crippen LogP contribution in [0.1, 0.15) is 23.1 Å². The molecule has 0 radical (unpaired) electrons. The van der Waals surface area contributed by atoms with Gasteiger partial charge in [-0.25, -0.2) is 0 Å². The number of para-hydroxylation sites is 2. The fourth-order valence-corrected chi connectivity index (χ4v) is 4.44. The van der Waals surface area contributed by atoms with Crippen LogP contribution < -0.4 is 9.47 Å². The van der Waals surface area contributed by atoms with Crippen LogP contribution in [0.3, 0.4) is 0 Å². The molecule has 35 heavy (non-hydrogen) atoms. The number of carbonyl (C=O) groups is 1. The van der Waals surface area contributed by atoms with Crippen molar-refractivity contribution in [2.75, 3.05) is 18.9 Å². The van der Waals surface area contributed by atoms with Crippen LogP contribution in [0.4, 0.5) is 0 Å². The second kappa shape index (κ2) is 11.1. The maximum atomic E-state index is 13.2. The highest BCUT2D eigenvalue weighted by molar-refractivity contribution is 7.99. The summed E-state index contributed by atoms with van der Waals surface area (Å²) >= 11 is 1.23. The first-order valence-electron chi connectivity index (χ1n) is 11.4. The van der Waals surface area contributed by atoms with Crippen molar-refractivity contribution < 1.29 is 18.7 Å². The zero-order valence-corrected chi connectivity index (χ0v) is 19.9. The highest BCUT2D eigenvalue weighted by atomic mass is 32.2. The van der Waals surface area contributed by atoms with Crippen molar-refractivity contribution in [3.05, 3.63) is 102 Å². The zero-order valence-electron chi connectivity index (χ0n) is 19.1. The Hall–Kier alpha value is -3.78. The molecule has 1 aliphatic heterocycles. The van der Waals surface area contributed by atoms with Gasteiger partial charge in [0.25, 0.3) is 11.1 Å². The number of nitrogens with zero attached hydrogens (tertiary/aromatic N) is 3. The minimum absolute atomic E-state index is 0.0145. The van der Waals surface area contributed by atoms with Gasteiger partial charge in [-0.2, -0.15) is 0 Å². The molecule has 8 heteroatoms. The van der Waals surface area contributed by atoms with Crippen molar-refractivity contribution in [3.63, 3.8) is 0 Å². The van der Waals surface area contributed by atoms with E-state index < -0.39 is 6.10 Å². The zero-order chi connectivity index (χ0) is 23.9. The van der Waals surface area contributed by atoms with E-state index in [0.717, 1.165) is 12.0 Å². The summed E-state index contributed by atoms with van der Waals surface area (Å²) in [5.41, 5.74) is 2.29. The van der Waals surface area contributed by atoms with Crippen LogP contribution in [0.5, 0.6) is 11.5 Å². The summed E-state index contributed by atoms with van der Waals surface area (Å²) in [4.78, 5) is 15.0. The van der Waals surface area contributed by atoms with E-state index in [1.807, 2.05) is 77.7 Å². The number of benzene rings is 3. The molecule has 0 saturated heterocycles. The van der Waals surface area contributed by atoms with Gasteiger partial charge in [0.2, 0.25) is 12.0 Å². The number of thioether (sulfide) groups is 1. The van der Waals surface area contributed by atoms with Gasteiger partial charge in [-0.05, 0) is 29.7 Å². The third kappa shape index (κ3) is 6.02. The van der Waals surface area contributed by atoms with E-state index in [1.54, 1.807) is 0 Å². The Kier molecular flexibility index (Phi) is 7.29. The molecule has 178 valence electrons. The number of aromatic nitrogens is 2. The molecule has 1 atom stereocenters. The van der Waals surface area contributed by atoms with Crippen molar-refractivity contribution in [3.8, 4) is 11.5 Å². The van der Waals surface area contributed by atoms with E-state index in [-0.39, 0.29) is 18.3 Å². The van der Waals surface area contributed by atoms with Gasteiger partial charge in [-0.15, -0.1) is 10.2 Å². The quantitative estimate of drug-likeness (QED) is 0.309. The predicted molar refractivity (Wildman–Crippen MR) is 132 cm³/mol. The van der Waals surface area contributed by atoms with Crippen LogP contribution in [-0.2, 0) is 17.8 Å². The summed E-state index contributed by atoms with van der Waals surface area (Å²) in [5.74, 6) is 1.88. The average Bonchev–Trinajstić information content (AvgIpc) is 3.40. The molecule has 4 aromatic rings. The Morgan fingerprint density at radius 2 is 1.57 bits per heavy atom. The third-order valence-electron chi connectivity index (χ3n) is 5.61. The maximum Gasteiger partial charge on any atom is 0.277 e. The largest absolute Gasteiger partial charge is 0.485 e. The van der Waals surface area contributed by atoms with Crippen molar-refractivity contribution in [2.45, 2.75) is 24.3 Å². The molecule has 1 unspecified atom stereocenters. The maximum absolute atomic E-state index is 13.2. The first-order chi connectivity index (χ1) is 17.2. The molecule has 0 fully saturated rings. The van der Waals surface area contributed by atoms with E-state index >= 15 is 0 Å². The molecular formula is C27H25N3O4S. The molecule has 7 nitrogen and oxygen atoms in total. The smallest absolute Gasteiger partial charge is 0.277 e. The monoisotopic (exact) mass is 487 g/mol. The summed E-state index contributed by atoms with van der Waals surface area (Å²) in [7, 11) is 0. The van der Waals surface area contributed by atoms with Crippen LogP contribution in [0.25, 0.3) is 0 Å². The lowest BCUT2D eigenvalue weighted by molar-refractivity contribution is -0.128. The molecule has 0 bridgehead atoms. The topological polar surface area (TPSA) is 77.7 Å². The summed E-state index contributed by atoms with van der Waals surface area (Å²) in [6.07, 6.45) is 0.304. The molecule has 0 aliphatic carbocycles. The van der Waals surface area contributed by atoms with Gasteiger partial charge in [0.15, 0.2) is 11.5 Å². The Labute approximate surface area is 208 Å². The number of ether oxygens (including phenoxy) is 2. The summed E-state index contributed by atoms with van der Waals surface area (Å²) < 4.78 is 17.4. The van der Waals surface area contributed by atoms with E-state index in [9.17, 15) is 4.79 Å². The van der Waals surface area contributed by atoms with E-state index in [4.69, 9.17) is 13.9 Å². The molecular weight excluding hydrogens is 462 g/mol. The lowest BCUT2D eigenvalue weighted by Crippen LogP contribution is -2.33. The second-order valence-electron chi connectivity index (χ2n) is 8.10. The van der Waals surface area contributed by atoms with Crippen molar-refractivity contribution in [1.29, 1.82) is 0 Å². The van der Waals surface area contributed by atoms with Gasteiger partial charge in [0.05, 0.1) is 5.75 Å². The second-order valence-corrected chi connectivity index (χ2v) is 9.02. The Bertz CT molecular complexity index is 1250. The van der Waals surface area contributed by atoms with Crippen LogP contribution in [-0.4, -0.2) is 39.9 Å². The number of hydrogen-bond acceptors (Lipinski definition) is 7. The highest BCUT2D eigenvalue weighted by Gasteiger charge is 2.27. The van der Waals surface area contributed by atoms with Crippen molar-refractivity contribution >= 4 is 17.7 Å². The fraction of sp³-hybridized carbons (Fsp3) is 0.222. The van der Waals surface area contributed by atoms with Crippen LogP contribution >= 0.6 is 11.8 Å². The lowest BCUT2D eigenvalue weighted by atomic mass is 10.1. The lowest BCUT2D eigenvalue weighted by Gasteiger charge is -2.23. The SMILES string of the molecule is O=C(CSc1nnc(C2COc3ccccc3O2)o1)N(CCc1ccccc1)Cc1ccccc1. The normalized spacial score (nSPS) is 14.5. The minimum Gasteiger partial charge on any atom is -0.485 e. The molecule has 0 saturated carbocycles. The minimum atomic E-state index is -0.483. The van der Waals surface area contributed by atoms with E-state index in [0.29, 0.717) is 35.7 Å².